The quantitative estimate of drug-likeness (QED) is 0.611. The average molecular weight is 390 g/mol. The second-order valence-corrected chi connectivity index (χ2v) is 7.73. The minimum Gasteiger partial charge on any atom is -0.351 e. The zero-order valence-electron chi connectivity index (χ0n) is 14.9. The fourth-order valence-corrected chi connectivity index (χ4v) is 4.16. The topological polar surface area (TPSA) is 96.2 Å². The Morgan fingerprint density at radius 2 is 2.15 bits per heavy atom. The minimum absolute atomic E-state index is 0.0746. The van der Waals surface area contributed by atoms with Gasteiger partial charge in [0.15, 0.2) is 0 Å². The van der Waals surface area contributed by atoms with Crippen LogP contribution in [0.25, 0.3) is 0 Å². The highest BCUT2D eigenvalue weighted by atomic mass is 32.1. The number of amides is 3. The number of halogens is 1. The molecule has 1 aliphatic heterocycles. The van der Waals surface area contributed by atoms with Gasteiger partial charge in [-0.3, -0.25) is 4.79 Å². The molecule has 27 heavy (non-hydrogen) atoms. The first-order chi connectivity index (χ1) is 13.0. The highest BCUT2D eigenvalue weighted by Gasteiger charge is 2.21. The zero-order valence-corrected chi connectivity index (χ0v) is 15.7. The Kier molecular flexibility index (Phi) is 6.41. The Morgan fingerprint density at radius 3 is 2.85 bits per heavy atom. The molecule has 0 saturated carbocycles. The Morgan fingerprint density at radius 1 is 1.30 bits per heavy atom. The first kappa shape index (κ1) is 19.3. The fraction of sp³-hybridized carbons (Fsp3) is 0.368. The van der Waals surface area contributed by atoms with Crippen molar-refractivity contribution in [3.05, 3.63) is 51.5 Å². The summed E-state index contributed by atoms with van der Waals surface area (Å²) >= 11 is 1.33. The normalized spacial score (nSPS) is 16.7. The number of aryl methyl sites for hydroxylation is 2. The Bertz CT molecular complexity index is 818. The van der Waals surface area contributed by atoms with Crippen LogP contribution in [0.15, 0.2) is 30.3 Å². The van der Waals surface area contributed by atoms with Gasteiger partial charge in [0.1, 0.15) is 10.7 Å². The molecule has 1 aromatic carbocycles. The van der Waals surface area contributed by atoms with Crippen LogP contribution in [0, 0.1) is 5.82 Å². The molecular weight excluding hydrogens is 367 g/mol. The molecule has 3 rings (SSSR count). The molecule has 144 valence electrons. The van der Waals surface area contributed by atoms with E-state index >= 15 is 0 Å². The van der Waals surface area contributed by atoms with Gasteiger partial charge in [-0.25, -0.2) is 9.18 Å². The second-order valence-electron chi connectivity index (χ2n) is 6.59. The van der Waals surface area contributed by atoms with Gasteiger partial charge in [-0.15, -0.1) is 11.3 Å². The molecule has 8 heteroatoms. The third-order valence-electron chi connectivity index (χ3n) is 4.43. The summed E-state index contributed by atoms with van der Waals surface area (Å²) in [7, 11) is 0. The number of nitrogens with one attached hydrogen (secondary N) is 3. The highest BCUT2D eigenvalue weighted by molar-refractivity contribution is 7.14. The number of primary amides is 1. The molecule has 2 heterocycles. The molecule has 6 nitrogen and oxygen atoms in total. The van der Waals surface area contributed by atoms with Gasteiger partial charge < -0.3 is 21.7 Å². The molecule has 3 amide bonds. The van der Waals surface area contributed by atoms with Gasteiger partial charge >= 0.3 is 6.03 Å². The molecule has 0 spiro atoms. The van der Waals surface area contributed by atoms with E-state index in [9.17, 15) is 14.0 Å². The molecule has 2 aromatic rings. The van der Waals surface area contributed by atoms with E-state index in [4.69, 9.17) is 5.73 Å². The van der Waals surface area contributed by atoms with Crippen molar-refractivity contribution >= 4 is 29.0 Å². The van der Waals surface area contributed by atoms with Crippen LogP contribution in [0.3, 0.4) is 0 Å². The van der Waals surface area contributed by atoms with Crippen molar-refractivity contribution in [3.63, 3.8) is 0 Å². The summed E-state index contributed by atoms with van der Waals surface area (Å²) < 4.78 is 13.3. The molecule has 1 atom stereocenters. The summed E-state index contributed by atoms with van der Waals surface area (Å²) in [5.41, 5.74) is 6.54. The third kappa shape index (κ3) is 5.51. The van der Waals surface area contributed by atoms with Crippen LogP contribution in [-0.4, -0.2) is 31.1 Å². The zero-order chi connectivity index (χ0) is 19.2. The van der Waals surface area contributed by atoms with Crippen molar-refractivity contribution in [2.45, 2.75) is 31.7 Å². The lowest BCUT2D eigenvalue weighted by molar-refractivity contribution is 0.0935. The number of urea groups is 1. The first-order valence-corrected chi connectivity index (χ1v) is 9.78. The molecule has 1 saturated heterocycles. The van der Waals surface area contributed by atoms with Gasteiger partial charge in [0.2, 0.25) is 0 Å². The average Bonchev–Trinajstić information content (AvgIpc) is 3.03. The largest absolute Gasteiger partial charge is 0.351 e. The van der Waals surface area contributed by atoms with Crippen LogP contribution in [0.5, 0.6) is 0 Å². The van der Waals surface area contributed by atoms with Gasteiger partial charge in [0.25, 0.3) is 5.91 Å². The van der Waals surface area contributed by atoms with Crippen molar-refractivity contribution in [3.8, 4) is 0 Å². The maximum absolute atomic E-state index is 13.3. The van der Waals surface area contributed by atoms with Crippen LogP contribution in [0.2, 0.25) is 0 Å². The molecule has 1 unspecified atom stereocenters. The van der Waals surface area contributed by atoms with Crippen LogP contribution in [-0.2, 0) is 12.8 Å². The lowest BCUT2D eigenvalue weighted by Gasteiger charge is -2.23. The highest BCUT2D eigenvalue weighted by Crippen LogP contribution is 2.29. The number of hydrogen-bond acceptors (Lipinski definition) is 4. The lowest BCUT2D eigenvalue weighted by atomic mass is 10.1. The van der Waals surface area contributed by atoms with Gasteiger partial charge in [0.05, 0.1) is 5.69 Å². The van der Waals surface area contributed by atoms with E-state index in [-0.39, 0.29) is 17.8 Å². The van der Waals surface area contributed by atoms with Crippen LogP contribution >= 0.6 is 11.3 Å². The molecule has 1 fully saturated rings. The van der Waals surface area contributed by atoms with E-state index < -0.39 is 6.03 Å². The van der Waals surface area contributed by atoms with E-state index in [0.29, 0.717) is 23.4 Å². The Labute approximate surface area is 161 Å². The minimum atomic E-state index is -0.710. The molecule has 0 aliphatic carbocycles. The lowest BCUT2D eigenvalue weighted by Crippen LogP contribution is -2.45. The monoisotopic (exact) mass is 390 g/mol. The SMILES string of the molecule is NC(=O)Nc1cc(CCc2cccc(F)c2)sc1C(=O)NC1CCCNC1. The number of carbonyl (C=O) groups excluding carboxylic acids is 2. The molecule has 0 radical (unpaired) electrons. The molecule has 0 bridgehead atoms. The fourth-order valence-electron chi connectivity index (χ4n) is 3.15. The maximum Gasteiger partial charge on any atom is 0.316 e. The summed E-state index contributed by atoms with van der Waals surface area (Å²) in [6, 6.07) is 7.58. The maximum atomic E-state index is 13.3. The van der Waals surface area contributed by atoms with Gasteiger partial charge in [-0.1, -0.05) is 12.1 Å². The number of rotatable bonds is 6. The number of piperidine rings is 1. The van der Waals surface area contributed by atoms with Crippen molar-refractivity contribution in [2.75, 3.05) is 18.4 Å². The number of nitrogens with two attached hydrogens (primary N) is 1. The van der Waals surface area contributed by atoms with Crippen molar-refractivity contribution in [1.29, 1.82) is 0 Å². The Balaban J connectivity index is 1.71. The standard InChI is InChI=1S/C19H23FN4O2S/c20-13-4-1-3-12(9-13)6-7-15-10-16(24-19(21)26)17(27-15)18(25)23-14-5-2-8-22-11-14/h1,3-4,9-10,14,22H,2,5-8,11H2,(H,23,25)(H3,21,24,26). The van der Waals surface area contributed by atoms with Gasteiger partial charge in [0, 0.05) is 17.5 Å². The number of benzene rings is 1. The van der Waals surface area contributed by atoms with E-state index in [1.54, 1.807) is 12.1 Å². The first-order valence-electron chi connectivity index (χ1n) is 8.96. The van der Waals surface area contributed by atoms with Crippen molar-refractivity contribution in [2.24, 2.45) is 5.73 Å². The summed E-state index contributed by atoms with van der Waals surface area (Å²) in [5.74, 6) is -0.481. The number of hydrogen-bond donors (Lipinski definition) is 4. The van der Waals surface area contributed by atoms with Crippen molar-refractivity contribution in [1.82, 2.24) is 10.6 Å². The van der Waals surface area contributed by atoms with E-state index in [0.717, 1.165) is 36.4 Å². The van der Waals surface area contributed by atoms with Crippen LogP contribution < -0.4 is 21.7 Å². The summed E-state index contributed by atoms with van der Waals surface area (Å²) in [6.07, 6.45) is 3.22. The molecule has 1 aromatic heterocycles. The van der Waals surface area contributed by atoms with E-state index in [1.165, 1.54) is 23.5 Å². The van der Waals surface area contributed by atoms with Crippen LogP contribution in [0.1, 0.15) is 33.0 Å². The Hall–Kier alpha value is -2.45. The van der Waals surface area contributed by atoms with Crippen molar-refractivity contribution < 1.29 is 14.0 Å². The second kappa shape index (κ2) is 8.96. The predicted octanol–water partition coefficient (Wildman–Crippen LogP) is 2.64. The van der Waals surface area contributed by atoms with Gasteiger partial charge in [-0.2, -0.15) is 0 Å². The van der Waals surface area contributed by atoms with Crippen LogP contribution in [0.4, 0.5) is 14.9 Å². The van der Waals surface area contributed by atoms with E-state index in [1.807, 2.05) is 6.07 Å². The molecular formula is C19H23FN4O2S. The number of thiophene rings is 1. The molecule has 5 N–H and O–H groups in total. The molecule has 1 aliphatic rings. The number of anilines is 1. The van der Waals surface area contributed by atoms with E-state index in [2.05, 4.69) is 16.0 Å². The third-order valence-corrected chi connectivity index (χ3v) is 5.62. The van der Waals surface area contributed by atoms with Gasteiger partial charge in [-0.05, 0) is 56.0 Å². The number of carbonyl (C=O) groups is 2. The summed E-state index contributed by atoms with van der Waals surface area (Å²) in [6.45, 7) is 1.70. The summed E-state index contributed by atoms with van der Waals surface area (Å²) in [4.78, 5) is 25.3. The predicted molar refractivity (Wildman–Crippen MR) is 105 cm³/mol. The summed E-state index contributed by atoms with van der Waals surface area (Å²) in [5, 5.41) is 8.80. The smallest absolute Gasteiger partial charge is 0.316 e.